The SMILES string of the molecule is COC1CN(C2CN(Cc3cc4nc(-n5c(C(F)F)nc6ccccc65)cc(N5CCOCC5)n4n3)C2)C1. The smallest absolute Gasteiger partial charge is 0.296 e. The predicted molar refractivity (Wildman–Crippen MR) is 137 cm³/mol. The van der Waals surface area contributed by atoms with E-state index < -0.39 is 6.43 Å². The molecule has 3 fully saturated rings. The van der Waals surface area contributed by atoms with Gasteiger partial charge in [0.15, 0.2) is 11.5 Å². The molecule has 10 nitrogen and oxygen atoms in total. The van der Waals surface area contributed by atoms with Crippen molar-refractivity contribution in [3.8, 4) is 5.82 Å². The van der Waals surface area contributed by atoms with Crippen molar-refractivity contribution in [1.29, 1.82) is 0 Å². The van der Waals surface area contributed by atoms with Crippen LogP contribution in [-0.2, 0) is 16.0 Å². The van der Waals surface area contributed by atoms with Crippen LogP contribution in [0.4, 0.5) is 14.6 Å². The monoisotopic (exact) mass is 524 g/mol. The second-order valence-corrected chi connectivity index (χ2v) is 10.2. The number of ether oxygens (including phenoxy) is 2. The molecule has 3 aliphatic rings. The number of fused-ring (bicyclic) bond motifs is 2. The number of nitrogens with zero attached hydrogens (tertiary/aromatic N) is 8. The Morgan fingerprint density at radius 2 is 1.84 bits per heavy atom. The van der Waals surface area contributed by atoms with Crippen LogP contribution in [0.3, 0.4) is 0 Å². The zero-order chi connectivity index (χ0) is 25.8. The van der Waals surface area contributed by atoms with Crippen LogP contribution in [0.25, 0.3) is 22.5 Å². The molecule has 4 aromatic rings. The fraction of sp³-hybridized carbons (Fsp3) is 0.500. The molecule has 0 radical (unpaired) electrons. The lowest BCUT2D eigenvalue weighted by Crippen LogP contribution is -2.66. The first-order valence-electron chi connectivity index (χ1n) is 13.0. The average Bonchev–Trinajstić information content (AvgIpc) is 3.47. The third-order valence-corrected chi connectivity index (χ3v) is 7.84. The van der Waals surface area contributed by atoms with Crippen molar-refractivity contribution in [3.05, 3.63) is 47.9 Å². The summed E-state index contributed by atoms with van der Waals surface area (Å²) >= 11 is 0. The molecule has 1 aromatic carbocycles. The Balaban J connectivity index is 1.23. The molecule has 200 valence electrons. The summed E-state index contributed by atoms with van der Waals surface area (Å²) in [6.07, 6.45) is -2.38. The number of methoxy groups -OCH3 is 1. The van der Waals surface area contributed by atoms with E-state index in [4.69, 9.17) is 19.6 Å². The van der Waals surface area contributed by atoms with Crippen molar-refractivity contribution >= 4 is 22.5 Å². The summed E-state index contributed by atoms with van der Waals surface area (Å²) < 4.78 is 42.5. The third-order valence-electron chi connectivity index (χ3n) is 7.84. The van der Waals surface area contributed by atoms with E-state index in [2.05, 4.69) is 19.7 Å². The van der Waals surface area contributed by atoms with Gasteiger partial charge < -0.3 is 14.4 Å². The molecular weight excluding hydrogens is 494 g/mol. The van der Waals surface area contributed by atoms with Gasteiger partial charge in [0.25, 0.3) is 6.43 Å². The minimum absolute atomic E-state index is 0.316. The number of halogens is 2. The molecule has 3 aliphatic heterocycles. The number of alkyl halides is 2. The van der Waals surface area contributed by atoms with E-state index in [-0.39, 0.29) is 5.82 Å². The van der Waals surface area contributed by atoms with E-state index in [1.165, 1.54) is 4.57 Å². The molecule has 38 heavy (non-hydrogen) atoms. The highest BCUT2D eigenvalue weighted by molar-refractivity contribution is 5.78. The van der Waals surface area contributed by atoms with E-state index in [0.717, 1.165) is 44.2 Å². The number of likely N-dealkylation sites (tertiary alicyclic amines) is 2. The summed E-state index contributed by atoms with van der Waals surface area (Å²) in [5.74, 6) is 0.901. The third kappa shape index (κ3) is 4.12. The number of anilines is 1. The van der Waals surface area contributed by atoms with E-state index in [1.54, 1.807) is 25.3 Å². The quantitative estimate of drug-likeness (QED) is 0.365. The van der Waals surface area contributed by atoms with Crippen LogP contribution < -0.4 is 4.90 Å². The number of hydrogen-bond acceptors (Lipinski definition) is 8. The lowest BCUT2D eigenvalue weighted by atomic mass is 10.0. The Morgan fingerprint density at radius 3 is 2.61 bits per heavy atom. The Kier molecular flexibility index (Phi) is 5.99. The van der Waals surface area contributed by atoms with Crippen molar-refractivity contribution in [2.45, 2.75) is 25.1 Å². The maximum atomic E-state index is 14.1. The van der Waals surface area contributed by atoms with Crippen LogP contribution >= 0.6 is 0 Å². The van der Waals surface area contributed by atoms with Crippen molar-refractivity contribution in [2.75, 3.05) is 64.5 Å². The van der Waals surface area contributed by atoms with Crippen LogP contribution in [0.1, 0.15) is 17.9 Å². The number of hydrogen-bond donors (Lipinski definition) is 0. The van der Waals surface area contributed by atoms with Gasteiger partial charge in [-0.25, -0.2) is 18.7 Å². The van der Waals surface area contributed by atoms with Crippen molar-refractivity contribution in [2.24, 2.45) is 0 Å². The summed E-state index contributed by atoms with van der Waals surface area (Å²) in [6.45, 7) is 7.29. The van der Waals surface area contributed by atoms with Gasteiger partial charge in [0.05, 0.1) is 36.0 Å². The number of aromatic nitrogens is 5. The second kappa shape index (κ2) is 9.53. The van der Waals surface area contributed by atoms with Gasteiger partial charge in [-0.3, -0.25) is 14.4 Å². The zero-order valence-electron chi connectivity index (χ0n) is 21.2. The van der Waals surface area contributed by atoms with Crippen LogP contribution in [0.2, 0.25) is 0 Å². The van der Waals surface area contributed by atoms with E-state index >= 15 is 0 Å². The lowest BCUT2D eigenvalue weighted by Gasteiger charge is -2.51. The second-order valence-electron chi connectivity index (χ2n) is 10.2. The number of benzene rings is 1. The Labute approximate surface area is 218 Å². The largest absolute Gasteiger partial charge is 0.379 e. The molecule has 0 aliphatic carbocycles. The minimum Gasteiger partial charge on any atom is -0.379 e. The van der Waals surface area contributed by atoms with E-state index in [0.29, 0.717) is 60.9 Å². The maximum Gasteiger partial charge on any atom is 0.296 e. The average molecular weight is 525 g/mol. The van der Waals surface area contributed by atoms with Gasteiger partial charge in [-0.2, -0.15) is 9.61 Å². The van der Waals surface area contributed by atoms with Crippen LogP contribution in [0.5, 0.6) is 0 Å². The molecule has 3 aromatic heterocycles. The Morgan fingerprint density at radius 1 is 1.05 bits per heavy atom. The van der Waals surface area contributed by atoms with Gasteiger partial charge >= 0.3 is 0 Å². The van der Waals surface area contributed by atoms with E-state index in [9.17, 15) is 8.78 Å². The molecule has 0 N–H and O–H groups in total. The molecular formula is C26H30F2N8O2. The van der Waals surface area contributed by atoms with Gasteiger partial charge in [0, 0.05) is 71.1 Å². The van der Waals surface area contributed by atoms with Gasteiger partial charge in [-0.15, -0.1) is 0 Å². The lowest BCUT2D eigenvalue weighted by molar-refractivity contribution is -0.0880. The maximum absolute atomic E-state index is 14.1. The minimum atomic E-state index is -2.74. The summed E-state index contributed by atoms with van der Waals surface area (Å²) in [7, 11) is 1.77. The van der Waals surface area contributed by atoms with E-state index in [1.807, 2.05) is 22.7 Å². The Bertz CT molecular complexity index is 1450. The topological polar surface area (TPSA) is 76.2 Å². The van der Waals surface area contributed by atoms with Crippen LogP contribution in [-0.4, -0.2) is 106 Å². The highest BCUT2D eigenvalue weighted by Crippen LogP contribution is 2.30. The zero-order valence-corrected chi connectivity index (χ0v) is 21.2. The molecule has 0 unspecified atom stereocenters. The summed E-state index contributed by atoms with van der Waals surface area (Å²) in [6, 6.07) is 11.5. The fourth-order valence-corrected chi connectivity index (χ4v) is 5.68. The number of para-hydroxylation sites is 2. The molecule has 0 atom stereocenters. The molecule has 0 spiro atoms. The molecule has 0 bridgehead atoms. The number of morpholine rings is 1. The first-order valence-corrected chi connectivity index (χ1v) is 13.0. The number of rotatable bonds is 7. The van der Waals surface area contributed by atoms with Gasteiger partial charge in [-0.1, -0.05) is 12.1 Å². The fourth-order valence-electron chi connectivity index (χ4n) is 5.68. The first-order chi connectivity index (χ1) is 18.6. The van der Waals surface area contributed by atoms with Gasteiger partial charge in [0.1, 0.15) is 11.6 Å². The molecule has 3 saturated heterocycles. The molecule has 12 heteroatoms. The summed E-state index contributed by atoms with van der Waals surface area (Å²) in [4.78, 5) is 16.0. The number of imidazole rings is 1. The molecule has 6 heterocycles. The first kappa shape index (κ1) is 23.9. The standard InChI is InChI=1S/C26H30F2N8O2/c1-37-19-15-34(16-19)18-13-32(14-18)12-17-10-23-30-22(11-24(36(23)31-17)33-6-8-38-9-7-33)35-21-5-3-2-4-20(21)29-26(35)25(27)28/h2-5,10-11,18-19,25H,6-9,12-16H2,1H3. The molecule has 0 saturated carbocycles. The Hall–Kier alpha value is -3.19. The normalized spacial score (nSPS) is 20.1. The van der Waals surface area contributed by atoms with Gasteiger partial charge in [-0.05, 0) is 12.1 Å². The van der Waals surface area contributed by atoms with Crippen molar-refractivity contribution < 1.29 is 18.3 Å². The predicted octanol–water partition coefficient (Wildman–Crippen LogP) is 2.36. The highest BCUT2D eigenvalue weighted by Gasteiger charge is 2.39. The van der Waals surface area contributed by atoms with Crippen molar-refractivity contribution in [1.82, 2.24) is 33.9 Å². The molecule has 7 rings (SSSR count). The van der Waals surface area contributed by atoms with Crippen LogP contribution in [0, 0.1) is 0 Å². The molecule has 0 amide bonds. The van der Waals surface area contributed by atoms with Gasteiger partial charge in [0.2, 0.25) is 0 Å². The highest BCUT2D eigenvalue weighted by atomic mass is 19.3. The van der Waals surface area contributed by atoms with Crippen LogP contribution in [0.15, 0.2) is 36.4 Å². The summed E-state index contributed by atoms with van der Waals surface area (Å²) in [5, 5.41) is 4.90. The summed E-state index contributed by atoms with van der Waals surface area (Å²) in [5.41, 5.74) is 2.64. The van der Waals surface area contributed by atoms with Crippen molar-refractivity contribution in [3.63, 3.8) is 0 Å².